The largest absolute Gasteiger partial charge is 0.347 e. The van der Waals surface area contributed by atoms with Gasteiger partial charge in [-0.25, -0.2) is 0 Å². The van der Waals surface area contributed by atoms with Gasteiger partial charge in [-0.2, -0.15) is 0 Å². The molecular formula is C27H34N4O5. The second kappa shape index (κ2) is 11.5. The fourth-order valence-corrected chi connectivity index (χ4v) is 5.39. The molecule has 1 aromatic rings. The highest BCUT2D eigenvalue weighted by Crippen LogP contribution is 2.34. The number of rotatable bonds is 12. The van der Waals surface area contributed by atoms with E-state index in [9.17, 15) is 24.0 Å². The van der Waals surface area contributed by atoms with Crippen molar-refractivity contribution < 1.29 is 24.0 Å². The summed E-state index contributed by atoms with van der Waals surface area (Å²) in [6, 6.07) is 5.57. The number of carbonyl (C=O) groups excluding carboxylic acids is 5. The predicted octanol–water partition coefficient (Wildman–Crippen LogP) is 0.663. The van der Waals surface area contributed by atoms with Gasteiger partial charge in [0.1, 0.15) is 12.1 Å². The Morgan fingerprint density at radius 1 is 1.08 bits per heavy atom. The second-order valence-corrected chi connectivity index (χ2v) is 9.99. The van der Waals surface area contributed by atoms with Gasteiger partial charge >= 0.3 is 0 Å². The van der Waals surface area contributed by atoms with E-state index in [0.717, 1.165) is 12.8 Å². The van der Waals surface area contributed by atoms with Crippen LogP contribution in [0, 0.1) is 11.8 Å². The molecular weight excluding hydrogens is 460 g/mol. The first-order chi connectivity index (χ1) is 17.4. The molecule has 1 saturated heterocycles. The maximum absolute atomic E-state index is 13.6. The number of hydrogen-bond donors (Lipinski definition) is 3. The Labute approximate surface area is 211 Å². The van der Waals surface area contributed by atoms with Gasteiger partial charge in [0.15, 0.2) is 0 Å². The number of hydrogen-bond acceptors (Lipinski definition) is 5. The molecule has 4 rings (SSSR count). The van der Waals surface area contributed by atoms with Crippen LogP contribution in [0.4, 0.5) is 0 Å². The molecule has 1 heterocycles. The molecule has 1 aliphatic heterocycles. The molecule has 9 nitrogen and oxygen atoms in total. The third kappa shape index (κ3) is 5.83. The lowest BCUT2D eigenvalue weighted by Gasteiger charge is -2.31. The third-order valence-electron chi connectivity index (χ3n) is 7.44. The molecule has 1 aromatic carbocycles. The van der Waals surface area contributed by atoms with Crippen LogP contribution in [-0.4, -0.2) is 66.0 Å². The van der Waals surface area contributed by atoms with Crippen LogP contribution in [0.3, 0.4) is 0 Å². The number of fused-ring (bicyclic) bond motifs is 1. The van der Waals surface area contributed by atoms with Crippen molar-refractivity contribution in [1.29, 1.82) is 0 Å². The van der Waals surface area contributed by atoms with Crippen LogP contribution in [0.25, 0.3) is 0 Å². The van der Waals surface area contributed by atoms with Crippen LogP contribution in [0.5, 0.6) is 0 Å². The minimum Gasteiger partial charge on any atom is -0.347 e. The molecule has 9 heteroatoms. The molecule has 0 spiro atoms. The van der Waals surface area contributed by atoms with E-state index in [0.29, 0.717) is 51.0 Å². The van der Waals surface area contributed by atoms with Gasteiger partial charge in [0.2, 0.25) is 24.0 Å². The average Bonchev–Trinajstić information content (AvgIpc) is 3.38. The van der Waals surface area contributed by atoms with Crippen LogP contribution < -0.4 is 16.0 Å². The summed E-state index contributed by atoms with van der Waals surface area (Å²) in [5, 5.41) is 7.95. The summed E-state index contributed by atoms with van der Waals surface area (Å²) in [4.78, 5) is 64.9. The van der Waals surface area contributed by atoms with E-state index < -0.39 is 35.7 Å². The fourth-order valence-electron chi connectivity index (χ4n) is 5.39. The lowest BCUT2D eigenvalue weighted by molar-refractivity contribution is -0.143. The molecule has 2 unspecified atom stereocenters. The Bertz CT molecular complexity index is 1010. The van der Waals surface area contributed by atoms with E-state index >= 15 is 0 Å². The van der Waals surface area contributed by atoms with Crippen LogP contribution in [0.1, 0.15) is 43.2 Å². The van der Waals surface area contributed by atoms with Gasteiger partial charge in [-0.05, 0) is 55.1 Å². The normalized spacial score (nSPS) is 20.7. The Balaban J connectivity index is 1.44. The van der Waals surface area contributed by atoms with E-state index in [1.54, 1.807) is 0 Å². The van der Waals surface area contributed by atoms with E-state index in [-0.39, 0.29) is 18.4 Å². The van der Waals surface area contributed by atoms with Gasteiger partial charge in [-0.15, -0.1) is 6.58 Å². The Morgan fingerprint density at radius 2 is 1.78 bits per heavy atom. The van der Waals surface area contributed by atoms with Crippen LogP contribution in [0.15, 0.2) is 36.9 Å². The highest BCUT2D eigenvalue weighted by atomic mass is 16.2. The molecule has 3 N–H and O–H groups in total. The highest BCUT2D eigenvalue weighted by Gasteiger charge is 2.42. The summed E-state index contributed by atoms with van der Waals surface area (Å²) in [6.07, 6.45) is 6.81. The number of likely N-dealkylation sites (tertiary alicyclic amines) is 1. The molecule has 0 radical (unpaired) electrons. The summed E-state index contributed by atoms with van der Waals surface area (Å²) >= 11 is 0. The molecule has 3 aliphatic rings. The number of nitrogens with zero attached hydrogens (tertiary/aromatic N) is 1. The molecule has 2 fully saturated rings. The van der Waals surface area contributed by atoms with Gasteiger partial charge in [0, 0.05) is 13.1 Å². The summed E-state index contributed by atoms with van der Waals surface area (Å²) in [5.41, 5.74) is 2.33. The quantitative estimate of drug-likeness (QED) is 0.224. The highest BCUT2D eigenvalue weighted by molar-refractivity contribution is 6.38. The van der Waals surface area contributed by atoms with Crippen molar-refractivity contribution in [2.75, 3.05) is 13.1 Å². The van der Waals surface area contributed by atoms with E-state index in [4.69, 9.17) is 0 Å². The van der Waals surface area contributed by atoms with Crippen molar-refractivity contribution in [3.05, 3.63) is 48.0 Å². The zero-order chi connectivity index (χ0) is 25.7. The monoisotopic (exact) mass is 494 g/mol. The summed E-state index contributed by atoms with van der Waals surface area (Å²) in [7, 11) is 0. The van der Waals surface area contributed by atoms with Crippen LogP contribution in [0.2, 0.25) is 0 Å². The van der Waals surface area contributed by atoms with E-state index in [1.165, 1.54) is 22.1 Å². The molecule has 0 bridgehead atoms. The molecule has 192 valence electrons. The van der Waals surface area contributed by atoms with Crippen molar-refractivity contribution in [2.24, 2.45) is 11.8 Å². The molecule has 0 aromatic heterocycles. The third-order valence-corrected chi connectivity index (χ3v) is 7.44. The summed E-state index contributed by atoms with van der Waals surface area (Å²) in [5.74, 6) is -1.95. The zero-order valence-electron chi connectivity index (χ0n) is 20.4. The van der Waals surface area contributed by atoms with Crippen molar-refractivity contribution in [2.45, 2.75) is 63.1 Å². The summed E-state index contributed by atoms with van der Waals surface area (Å²) in [6.45, 7) is 4.09. The first kappa shape index (κ1) is 25.6. The number of amides is 4. The minimum atomic E-state index is -0.930. The Kier molecular flexibility index (Phi) is 8.18. The van der Waals surface area contributed by atoms with Crippen molar-refractivity contribution in [3.8, 4) is 0 Å². The van der Waals surface area contributed by atoms with Gasteiger partial charge in [-0.3, -0.25) is 24.0 Å². The van der Waals surface area contributed by atoms with Gasteiger partial charge in [-0.1, -0.05) is 43.2 Å². The molecule has 1 saturated carbocycles. The average molecular weight is 495 g/mol. The number of ketones is 1. The van der Waals surface area contributed by atoms with Crippen LogP contribution in [-0.2, 0) is 36.8 Å². The molecule has 4 amide bonds. The molecule has 3 atom stereocenters. The SMILES string of the molecule is C=CCNC(=O)C(=O)C(CC1CC1)NC(=O)C1CCCN1C(=O)[C@@H](NC=O)C1Cc2ccccc2C1. The molecule has 2 aliphatic carbocycles. The minimum absolute atomic E-state index is 0.0952. The second-order valence-electron chi connectivity index (χ2n) is 9.99. The number of carbonyl (C=O) groups is 5. The van der Waals surface area contributed by atoms with Gasteiger partial charge in [0.25, 0.3) is 5.91 Å². The maximum Gasteiger partial charge on any atom is 0.289 e. The van der Waals surface area contributed by atoms with Crippen molar-refractivity contribution in [1.82, 2.24) is 20.9 Å². The number of benzene rings is 1. The standard InChI is InChI=1S/C27H34N4O5/c1-2-11-28-26(35)24(33)21(13-17-9-10-17)30-25(34)22-8-5-12-31(22)27(36)23(29-16-32)20-14-18-6-3-4-7-19(18)15-20/h2-4,6-7,16-17,20-23H,1,5,8-15H2,(H,28,35)(H,29,32)(H,30,34)/t21?,22?,23-/m0/s1. The fraction of sp³-hybridized carbons (Fsp3) is 0.519. The van der Waals surface area contributed by atoms with Gasteiger partial charge in [0.05, 0.1) is 6.04 Å². The first-order valence-electron chi connectivity index (χ1n) is 12.7. The first-order valence-corrected chi connectivity index (χ1v) is 12.7. The Morgan fingerprint density at radius 3 is 2.39 bits per heavy atom. The number of Topliss-reactive ketones (excluding diaryl/α,β-unsaturated/α-hetero) is 1. The van der Waals surface area contributed by atoms with Crippen LogP contribution >= 0.6 is 0 Å². The predicted molar refractivity (Wildman–Crippen MR) is 133 cm³/mol. The smallest absolute Gasteiger partial charge is 0.289 e. The molecule has 36 heavy (non-hydrogen) atoms. The van der Waals surface area contributed by atoms with Gasteiger partial charge < -0.3 is 20.9 Å². The topological polar surface area (TPSA) is 125 Å². The Hall–Kier alpha value is -3.49. The lowest BCUT2D eigenvalue weighted by Crippen LogP contribution is -2.57. The maximum atomic E-state index is 13.6. The van der Waals surface area contributed by atoms with Crippen molar-refractivity contribution >= 4 is 29.9 Å². The van der Waals surface area contributed by atoms with E-state index in [2.05, 4.69) is 22.5 Å². The zero-order valence-corrected chi connectivity index (χ0v) is 20.4. The lowest BCUT2D eigenvalue weighted by atomic mass is 9.95. The number of nitrogens with one attached hydrogen (secondary N) is 3. The summed E-state index contributed by atoms with van der Waals surface area (Å²) < 4.78 is 0. The van der Waals surface area contributed by atoms with Crippen molar-refractivity contribution in [3.63, 3.8) is 0 Å². The van der Waals surface area contributed by atoms with E-state index in [1.807, 2.05) is 24.3 Å².